The number of hydrogen-bond donors (Lipinski definition) is 1. The van der Waals surface area contributed by atoms with E-state index in [2.05, 4.69) is 21.3 Å². The number of ether oxygens (including phenoxy) is 1. The van der Waals surface area contributed by atoms with E-state index >= 15 is 0 Å². The number of aliphatic imine (C=N–C) groups is 1. The number of hydrogen-bond acceptors (Lipinski definition) is 3. The summed E-state index contributed by atoms with van der Waals surface area (Å²) in [5.74, 6) is 0. The first-order valence-electron chi connectivity index (χ1n) is 2.48. The molecule has 0 aromatic carbocycles. The fraction of sp³-hybridized carbons (Fsp3) is 0.750. The molecule has 1 heterocycles. The van der Waals surface area contributed by atoms with Gasteiger partial charge in [-0.15, -0.1) is 13.2 Å². The lowest BCUT2D eigenvalue weighted by Gasteiger charge is -2.10. The average molecular weight is 153 g/mol. The van der Waals surface area contributed by atoms with Gasteiger partial charge in [0.05, 0.1) is 6.67 Å². The van der Waals surface area contributed by atoms with Crippen LogP contribution < -0.4 is 5.32 Å². The molecule has 3 nitrogen and oxygen atoms in total. The summed E-state index contributed by atoms with van der Waals surface area (Å²) in [4.78, 5) is 3.36. The first-order valence-corrected chi connectivity index (χ1v) is 2.48. The van der Waals surface area contributed by atoms with Crippen molar-refractivity contribution >= 4 is 6.21 Å². The van der Waals surface area contributed by atoms with Crippen LogP contribution in [-0.2, 0) is 4.74 Å². The predicted octanol–water partition coefficient (Wildman–Crippen LogP) is 0.357. The van der Waals surface area contributed by atoms with E-state index in [1.54, 1.807) is 0 Å². The molecule has 0 amide bonds. The third kappa shape index (κ3) is 2.32. The Balaban J connectivity index is 2.31. The van der Waals surface area contributed by atoms with Crippen molar-refractivity contribution in [1.29, 1.82) is 0 Å². The Labute approximate surface area is 54.9 Å². The van der Waals surface area contributed by atoms with Crippen molar-refractivity contribution in [3.8, 4) is 0 Å². The van der Waals surface area contributed by atoms with Gasteiger partial charge in [0, 0.05) is 0 Å². The van der Waals surface area contributed by atoms with E-state index in [4.69, 9.17) is 0 Å². The summed E-state index contributed by atoms with van der Waals surface area (Å²) in [6.07, 6.45) is -3.77. The van der Waals surface area contributed by atoms with Crippen molar-refractivity contribution in [3.05, 3.63) is 0 Å². The summed E-state index contributed by atoms with van der Waals surface area (Å²) in [7, 11) is 0. The summed E-state index contributed by atoms with van der Waals surface area (Å²) in [6, 6.07) is 0. The van der Waals surface area contributed by atoms with Crippen LogP contribution in [-0.4, -0.2) is 25.5 Å². The SMILES string of the molecule is FC(F)(F)OC1[C]=NCN1. The number of nitrogens with one attached hydrogen (secondary N) is 1. The molecule has 1 unspecified atom stereocenters. The second kappa shape index (κ2) is 2.55. The predicted molar refractivity (Wildman–Crippen MR) is 26.4 cm³/mol. The van der Waals surface area contributed by atoms with E-state index in [9.17, 15) is 13.2 Å². The fourth-order valence-electron chi connectivity index (χ4n) is 0.504. The molecule has 0 bridgehead atoms. The van der Waals surface area contributed by atoms with Crippen LogP contribution in [0.5, 0.6) is 0 Å². The highest BCUT2D eigenvalue weighted by Gasteiger charge is 2.33. The van der Waals surface area contributed by atoms with E-state index in [1.807, 2.05) is 0 Å². The number of rotatable bonds is 1. The number of alkyl halides is 3. The minimum absolute atomic E-state index is 0.126. The van der Waals surface area contributed by atoms with Gasteiger partial charge in [-0.05, 0) is 0 Å². The van der Waals surface area contributed by atoms with E-state index in [0.717, 1.165) is 0 Å². The molecule has 1 N–H and O–H groups in total. The van der Waals surface area contributed by atoms with Crippen molar-refractivity contribution in [1.82, 2.24) is 5.32 Å². The molecule has 1 atom stereocenters. The van der Waals surface area contributed by atoms with Crippen LogP contribution in [0.3, 0.4) is 0 Å². The largest absolute Gasteiger partial charge is 0.524 e. The molecule has 0 aliphatic carbocycles. The minimum atomic E-state index is -4.62. The zero-order chi connectivity index (χ0) is 7.61. The second-order valence-corrected chi connectivity index (χ2v) is 1.59. The molecule has 0 spiro atoms. The van der Waals surface area contributed by atoms with Crippen molar-refractivity contribution in [2.75, 3.05) is 6.67 Å². The third-order valence-electron chi connectivity index (χ3n) is 0.816. The van der Waals surface area contributed by atoms with Gasteiger partial charge in [-0.3, -0.25) is 15.0 Å². The molecule has 10 heavy (non-hydrogen) atoms. The molecule has 6 heteroatoms. The van der Waals surface area contributed by atoms with Crippen LogP contribution in [0, 0.1) is 0 Å². The molecule has 1 aliphatic rings. The Morgan fingerprint density at radius 1 is 1.60 bits per heavy atom. The van der Waals surface area contributed by atoms with Crippen LogP contribution in [0.4, 0.5) is 13.2 Å². The Hall–Kier alpha value is -0.620. The molecule has 1 rings (SSSR count). The molecule has 0 saturated heterocycles. The van der Waals surface area contributed by atoms with Crippen molar-refractivity contribution in [2.45, 2.75) is 12.6 Å². The molecule has 0 saturated carbocycles. The summed E-state index contributed by atoms with van der Waals surface area (Å²) >= 11 is 0. The molecule has 1 radical (unpaired) electrons. The second-order valence-electron chi connectivity index (χ2n) is 1.59. The Kier molecular flexibility index (Phi) is 1.91. The lowest BCUT2D eigenvalue weighted by Crippen LogP contribution is -2.33. The Bertz CT molecular complexity index is 144. The Morgan fingerprint density at radius 3 is 2.70 bits per heavy atom. The normalized spacial score (nSPS) is 25.7. The van der Waals surface area contributed by atoms with Gasteiger partial charge in [-0.2, -0.15) is 0 Å². The van der Waals surface area contributed by atoms with Gasteiger partial charge in [-0.25, -0.2) is 0 Å². The lowest BCUT2D eigenvalue weighted by molar-refractivity contribution is -0.335. The molecule has 0 fully saturated rings. The van der Waals surface area contributed by atoms with Gasteiger partial charge in [0.2, 0.25) is 0 Å². The van der Waals surface area contributed by atoms with Crippen LogP contribution in [0.15, 0.2) is 4.99 Å². The van der Waals surface area contributed by atoms with Crippen LogP contribution in [0.1, 0.15) is 0 Å². The fourth-order valence-corrected chi connectivity index (χ4v) is 0.504. The van der Waals surface area contributed by atoms with Crippen LogP contribution >= 0.6 is 0 Å². The Morgan fingerprint density at radius 2 is 2.30 bits per heavy atom. The molecular weight excluding hydrogens is 149 g/mol. The van der Waals surface area contributed by atoms with Gasteiger partial charge in [0.15, 0.2) is 6.23 Å². The van der Waals surface area contributed by atoms with E-state index in [1.165, 1.54) is 0 Å². The van der Waals surface area contributed by atoms with Crippen LogP contribution in [0.2, 0.25) is 0 Å². The van der Waals surface area contributed by atoms with Crippen LogP contribution in [0.25, 0.3) is 0 Å². The number of nitrogens with zero attached hydrogens (tertiary/aromatic N) is 1. The molecule has 57 valence electrons. The average Bonchev–Trinajstić information content (AvgIpc) is 2.12. The summed E-state index contributed by atoms with van der Waals surface area (Å²) in [6.45, 7) is 0.126. The van der Waals surface area contributed by atoms with E-state index < -0.39 is 12.6 Å². The highest BCUT2D eigenvalue weighted by Crippen LogP contribution is 2.17. The standard InChI is InChI=1S/C4H4F3N2O/c5-4(6,7)10-3-1-8-2-9-3/h3,9H,2H2. The molecule has 1 aliphatic heterocycles. The molecule has 0 aromatic heterocycles. The van der Waals surface area contributed by atoms with Crippen molar-refractivity contribution < 1.29 is 17.9 Å². The highest BCUT2D eigenvalue weighted by molar-refractivity contribution is 5.64. The molecular formula is C4H4F3N2O. The van der Waals surface area contributed by atoms with E-state index in [-0.39, 0.29) is 6.67 Å². The zero-order valence-electron chi connectivity index (χ0n) is 4.77. The lowest BCUT2D eigenvalue weighted by atomic mass is 10.6. The maximum atomic E-state index is 11.4. The summed E-state index contributed by atoms with van der Waals surface area (Å²) < 4.78 is 37.6. The quantitative estimate of drug-likeness (QED) is 0.590. The maximum Gasteiger partial charge on any atom is 0.524 e. The molecule has 0 aromatic rings. The topological polar surface area (TPSA) is 33.6 Å². The van der Waals surface area contributed by atoms with Gasteiger partial charge in [-0.1, -0.05) is 0 Å². The van der Waals surface area contributed by atoms with Crippen molar-refractivity contribution in [2.24, 2.45) is 4.99 Å². The minimum Gasteiger partial charge on any atom is -0.268 e. The monoisotopic (exact) mass is 153 g/mol. The maximum absolute atomic E-state index is 11.4. The zero-order valence-corrected chi connectivity index (χ0v) is 4.77. The van der Waals surface area contributed by atoms with Gasteiger partial charge < -0.3 is 0 Å². The first kappa shape index (κ1) is 7.49. The summed E-state index contributed by atoms with van der Waals surface area (Å²) in [5, 5.41) is 2.29. The smallest absolute Gasteiger partial charge is 0.268 e. The van der Waals surface area contributed by atoms with E-state index in [0.29, 0.717) is 0 Å². The van der Waals surface area contributed by atoms with Gasteiger partial charge in [0.1, 0.15) is 6.21 Å². The van der Waals surface area contributed by atoms with Crippen molar-refractivity contribution in [3.63, 3.8) is 0 Å². The summed E-state index contributed by atoms with van der Waals surface area (Å²) in [5.41, 5.74) is 0. The third-order valence-corrected chi connectivity index (χ3v) is 0.816. The highest BCUT2D eigenvalue weighted by atomic mass is 19.4. The number of halogens is 3. The van der Waals surface area contributed by atoms with Gasteiger partial charge in [0.25, 0.3) is 0 Å². The first-order chi connectivity index (χ1) is 4.58. The van der Waals surface area contributed by atoms with Gasteiger partial charge >= 0.3 is 6.36 Å².